The number of nitrogens with one attached hydrogen (secondary N) is 3. The maximum atomic E-state index is 12.8. The zero-order chi connectivity index (χ0) is 18.8. The number of aromatic amines is 1. The van der Waals surface area contributed by atoms with Crippen molar-refractivity contribution in [2.24, 2.45) is 5.92 Å². The summed E-state index contributed by atoms with van der Waals surface area (Å²) in [5, 5.41) is 7.75. The predicted octanol–water partition coefficient (Wildman–Crippen LogP) is 5.53. The zero-order valence-corrected chi connectivity index (χ0v) is 16.0. The summed E-state index contributed by atoms with van der Waals surface area (Å²) in [7, 11) is 0. The minimum Gasteiger partial charge on any atom is -0.355 e. The van der Waals surface area contributed by atoms with E-state index in [1.807, 2.05) is 36.4 Å². The lowest BCUT2D eigenvalue weighted by Crippen LogP contribution is -2.41. The van der Waals surface area contributed by atoms with Gasteiger partial charge in [0.15, 0.2) is 0 Å². The first-order chi connectivity index (χ1) is 13.1. The van der Waals surface area contributed by atoms with Crippen LogP contribution in [0.4, 0.5) is 11.4 Å². The quantitative estimate of drug-likeness (QED) is 0.572. The van der Waals surface area contributed by atoms with Gasteiger partial charge in [-0.2, -0.15) is 0 Å². The van der Waals surface area contributed by atoms with Gasteiger partial charge in [-0.25, -0.2) is 0 Å². The van der Waals surface area contributed by atoms with E-state index >= 15 is 0 Å². The Labute approximate surface area is 160 Å². The third kappa shape index (κ3) is 3.85. The summed E-state index contributed by atoms with van der Waals surface area (Å²) in [5.74, 6) is 0.553. The van der Waals surface area contributed by atoms with E-state index in [1.165, 1.54) is 19.3 Å². The van der Waals surface area contributed by atoms with Gasteiger partial charge >= 0.3 is 0 Å². The van der Waals surface area contributed by atoms with Crippen LogP contribution in [0.1, 0.15) is 48.7 Å². The third-order valence-corrected chi connectivity index (χ3v) is 5.68. The number of benzene rings is 2. The van der Waals surface area contributed by atoms with Gasteiger partial charge in [-0.15, -0.1) is 0 Å². The second-order valence-electron chi connectivity index (χ2n) is 7.77. The molecule has 1 aliphatic rings. The molecule has 0 saturated heterocycles. The number of aromatic nitrogens is 1. The lowest BCUT2D eigenvalue weighted by molar-refractivity contribution is 0.0906. The normalized spacial score (nSPS) is 19.8. The van der Waals surface area contributed by atoms with E-state index in [0.29, 0.717) is 11.6 Å². The summed E-state index contributed by atoms with van der Waals surface area (Å²) in [6.45, 7) is 4.32. The van der Waals surface area contributed by atoms with Crippen molar-refractivity contribution in [3.63, 3.8) is 0 Å². The Morgan fingerprint density at radius 2 is 1.81 bits per heavy atom. The molecular weight excluding hydrogens is 334 g/mol. The molecule has 0 bridgehead atoms. The smallest absolute Gasteiger partial charge is 0.267 e. The predicted molar refractivity (Wildman–Crippen MR) is 112 cm³/mol. The lowest BCUT2D eigenvalue weighted by atomic mass is 9.86. The number of rotatable bonds is 4. The van der Waals surface area contributed by atoms with Crippen LogP contribution in [0.25, 0.3) is 10.9 Å². The maximum Gasteiger partial charge on any atom is 0.267 e. The number of aryl methyl sites for hydroxylation is 1. The highest BCUT2D eigenvalue weighted by Gasteiger charge is 2.24. The van der Waals surface area contributed by atoms with E-state index in [0.717, 1.165) is 34.3 Å². The molecule has 1 aliphatic carbocycles. The number of anilines is 2. The fourth-order valence-electron chi connectivity index (χ4n) is 4.08. The number of amides is 1. The summed E-state index contributed by atoms with van der Waals surface area (Å²) in [5.41, 5.74) is 4.83. The summed E-state index contributed by atoms with van der Waals surface area (Å²) in [6, 6.07) is 16.5. The molecule has 4 rings (SSSR count). The lowest BCUT2D eigenvalue weighted by Gasteiger charge is -2.29. The van der Waals surface area contributed by atoms with Crippen molar-refractivity contribution in [1.82, 2.24) is 10.3 Å². The van der Waals surface area contributed by atoms with E-state index in [2.05, 4.69) is 41.6 Å². The number of carbonyl (C=O) groups is 1. The molecule has 1 saturated carbocycles. The van der Waals surface area contributed by atoms with Crippen molar-refractivity contribution in [1.29, 1.82) is 0 Å². The molecule has 0 unspecified atom stereocenters. The Hall–Kier alpha value is -2.75. The monoisotopic (exact) mass is 361 g/mol. The molecule has 2 aromatic carbocycles. The average molecular weight is 361 g/mol. The maximum absolute atomic E-state index is 12.8. The van der Waals surface area contributed by atoms with Crippen molar-refractivity contribution < 1.29 is 4.79 Å². The number of fused-ring (bicyclic) bond motifs is 1. The first-order valence-electron chi connectivity index (χ1n) is 9.86. The topological polar surface area (TPSA) is 56.9 Å². The SMILES string of the molecule is Cc1cc(Nc2ccccc2)cc2[nH]c(C(=O)N[C@@H]3CCCC[C@@H]3C)cc12. The van der Waals surface area contributed by atoms with Crippen LogP contribution in [0.15, 0.2) is 48.5 Å². The van der Waals surface area contributed by atoms with Gasteiger partial charge in [-0.05, 0) is 61.6 Å². The molecule has 0 spiro atoms. The van der Waals surface area contributed by atoms with Crippen LogP contribution in [0, 0.1) is 12.8 Å². The second-order valence-corrected chi connectivity index (χ2v) is 7.77. The standard InChI is InChI=1S/C23H27N3O/c1-15-8-6-7-11-20(15)26-23(27)22-14-19-16(2)12-18(13-21(19)25-22)24-17-9-4-3-5-10-17/h3-5,9-10,12-15,20,24-25H,6-8,11H2,1-2H3,(H,26,27)/t15-,20+/m0/s1. The van der Waals surface area contributed by atoms with Gasteiger partial charge in [0.2, 0.25) is 0 Å². The summed E-state index contributed by atoms with van der Waals surface area (Å²) in [4.78, 5) is 16.1. The minimum absolute atomic E-state index is 0.00178. The van der Waals surface area contributed by atoms with Crippen LogP contribution in [0.3, 0.4) is 0 Å². The highest BCUT2D eigenvalue weighted by Crippen LogP contribution is 2.27. The Balaban J connectivity index is 1.56. The molecule has 140 valence electrons. The molecule has 27 heavy (non-hydrogen) atoms. The van der Waals surface area contributed by atoms with Crippen LogP contribution < -0.4 is 10.6 Å². The van der Waals surface area contributed by atoms with Crippen LogP contribution in [-0.4, -0.2) is 16.9 Å². The van der Waals surface area contributed by atoms with Crippen molar-refractivity contribution in [2.75, 3.05) is 5.32 Å². The van der Waals surface area contributed by atoms with Gasteiger partial charge in [0.1, 0.15) is 5.69 Å². The van der Waals surface area contributed by atoms with Crippen molar-refractivity contribution >= 4 is 28.2 Å². The van der Waals surface area contributed by atoms with Gasteiger partial charge in [-0.3, -0.25) is 4.79 Å². The highest BCUT2D eigenvalue weighted by atomic mass is 16.1. The highest BCUT2D eigenvalue weighted by molar-refractivity contribution is 5.99. The van der Waals surface area contributed by atoms with E-state index in [4.69, 9.17) is 0 Å². The Kier molecular flexibility index (Phi) is 4.88. The van der Waals surface area contributed by atoms with Gasteiger partial charge in [-0.1, -0.05) is 38.0 Å². The molecule has 3 N–H and O–H groups in total. The van der Waals surface area contributed by atoms with Gasteiger partial charge < -0.3 is 15.6 Å². The van der Waals surface area contributed by atoms with Crippen molar-refractivity contribution in [3.05, 3.63) is 59.8 Å². The van der Waals surface area contributed by atoms with Gasteiger partial charge in [0.05, 0.1) is 0 Å². The van der Waals surface area contributed by atoms with Crippen LogP contribution in [-0.2, 0) is 0 Å². The molecule has 3 aromatic rings. The van der Waals surface area contributed by atoms with Crippen molar-refractivity contribution in [2.45, 2.75) is 45.6 Å². The Morgan fingerprint density at radius 1 is 1.04 bits per heavy atom. The number of hydrogen-bond donors (Lipinski definition) is 3. The number of H-pyrrole nitrogens is 1. The molecular formula is C23H27N3O. The third-order valence-electron chi connectivity index (χ3n) is 5.68. The summed E-state index contributed by atoms with van der Waals surface area (Å²) < 4.78 is 0. The number of carbonyl (C=O) groups excluding carboxylic acids is 1. The molecule has 1 amide bonds. The number of hydrogen-bond acceptors (Lipinski definition) is 2. The minimum atomic E-state index is 0.00178. The molecule has 4 heteroatoms. The molecule has 2 atom stereocenters. The van der Waals surface area contributed by atoms with Gasteiger partial charge in [0, 0.05) is 28.3 Å². The largest absolute Gasteiger partial charge is 0.355 e. The summed E-state index contributed by atoms with van der Waals surface area (Å²) in [6.07, 6.45) is 4.76. The van der Waals surface area contributed by atoms with Crippen molar-refractivity contribution in [3.8, 4) is 0 Å². The second kappa shape index (κ2) is 7.47. The first-order valence-corrected chi connectivity index (χ1v) is 9.86. The summed E-state index contributed by atoms with van der Waals surface area (Å²) >= 11 is 0. The Morgan fingerprint density at radius 3 is 2.59 bits per heavy atom. The number of para-hydroxylation sites is 1. The molecule has 1 heterocycles. The Bertz CT molecular complexity index is 945. The fraction of sp³-hybridized carbons (Fsp3) is 0.348. The van der Waals surface area contributed by atoms with E-state index in [1.54, 1.807) is 0 Å². The van der Waals surface area contributed by atoms with Crippen LogP contribution >= 0.6 is 0 Å². The molecule has 1 aromatic heterocycles. The van der Waals surface area contributed by atoms with E-state index in [-0.39, 0.29) is 11.9 Å². The molecule has 4 nitrogen and oxygen atoms in total. The average Bonchev–Trinajstić information content (AvgIpc) is 3.09. The first kappa shape index (κ1) is 17.7. The molecule has 1 fully saturated rings. The van der Waals surface area contributed by atoms with Gasteiger partial charge in [0.25, 0.3) is 5.91 Å². The molecule has 0 radical (unpaired) electrons. The van der Waals surface area contributed by atoms with Crippen LogP contribution in [0.2, 0.25) is 0 Å². The fourth-order valence-corrected chi connectivity index (χ4v) is 4.08. The molecule has 0 aliphatic heterocycles. The van der Waals surface area contributed by atoms with E-state index < -0.39 is 0 Å². The van der Waals surface area contributed by atoms with E-state index in [9.17, 15) is 4.79 Å². The van der Waals surface area contributed by atoms with Crippen LogP contribution in [0.5, 0.6) is 0 Å². The zero-order valence-electron chi connectivity index (χ0n) is 16.0.